The van der Waals surface area contributed by atoms with Crippen molar-refractivity contribution in [1.82, 2.24) is 19.9 Å². The number of hydrogen-bond acceptors (Lipinski definition) is 5. The van der Waals surface area contributed by atoms with Gasteiger partial charge in [0.05, 0.1) is 12.2 Å². The van der Waals surface area contributed by atoms with Gasteiger partial charge in [0.15, 0.2) is 0 Å². The van der Waals surface area contributed by atoms with Crippen molar-refractivity contribution < 1.29 is 4.42 Å². The maximum atomic E-state index is 5.75. The lowest BCUT2D eigenvalue weighted by atomic mass is 10.2. The first kappa shape index (κ1) is 17.3. The van der Waals surface area contributed by atoms with Gasteiger partial charge in [0.25, 0.3) is 0 Å². The molecule has 0 bridgehead atoms. The Bertz CT molecular complexity index is 768. The van der Waals surface area contributed by atoms with Gasteiger partial charge in [-0.1, -0.05) is 13.0 Å². The maximum absolute atomic E-state index is 5.75. The summed E-state index contributed by atoms with van der Waals surface area (Å²) in [6.45, 7) is 6.32. The van der Waals surface area contributed by atoms with Crippen molar-refractivity contribution in [2.75, 3.05) is 0 Å². The van der Waals surface area contributed by atoms with Gasteiger partial charge in [0.2, 0.25) is 0 Å². The molecule has 0 aliphatic rings. The van der Waals surface area contributed by atoms with E-state index in [0.29, 0.717) is 0 Å². The van der Waals surface area contributed by atoms with Gasteiger partial charge >= 0.3 is 0 Å². The second-order valence-electron chi connectivity index (χ2n) is 6.24. The second-order valence-corrected chi connectivity index (χ2v) is 6.24. The molecule has 3 aromatic heterocycles. The number of hydrogen-bond donors (Lipinski definition) is 0. The molecule has 0 saturated heterocycles. The Hall–Kier alpha value is -2.53. The van der Waals surface area contributed by atoms with Crippen LogP contribution >= 0.6 is 0 Å². The molecular weight excluding hydrogens is 312 g/mol. The van der Waals surface area contributed by atoms with Crippen LogP contribution < -0.4 is 0 Å². The number of rotatable bonds is 8. The SMILES string of the molecule is CCCc1ncc(CN(Cc2ccccn2)Cc2ccc(C)o2)cn1. The molecule has 0 aliphatic carbocycles. The van der Waals surface area contributed by atoms with Gasteiger partial charge in [-0.15, -0.1) is 0 Å². The highest BCUT2D eigenvalue weighted by molar-refractivity contribution is 5.10. The summed E-state index contributed by atoms with van der Waals surface area (Å²) >= 11 is 0. The Morgan fingerprint density at radius 3 is 2.44 bits per heavy atom. The number of furan rings is 1. The first-order chi connectivity index (χ1) is 12.2. The van der Waals surface area contributed by atoms with Crippen LogP contribution in [0.3, 0.4) is 0 Å². The summed E-state index contributed by atoms with van der Waals surface area (Å²) in [5.74, 6) is 2.79. The van der Waals surface area contributed by atoms with E-state index in [0.717, 1.165) is 61.1 Å². The van der Waals surface area contributed by atoms with Gasteiger partial charge in [0, 0.05) is 43.7 Å². The average Bonchev–Trinajstić information content (AvgIpc) is 3.02. The van der Waals surface area contributed by atoms with Gasteiger partial charge in [-0.3, -0.25) is 9.88 Å². The molecule has 0 aliphatic heterocycles. The monoisotopic (exact) mass is 336 g/mol. The molecule has 25 heavy (non-hydrogen) atoms. The van der Waals surface area contributed by atoms with Gasteiger partial charge < -0.3 is 4.42 Å². The summed E-state index contributed by atoms with van der Waals surface area (Å²) in [4.78, 5) is 15.7. The summed E-state index contributed by atoms with van der Waals surface area (Å²) in [6.07, 6.45) is 7.66. The minimum absolute atomic E-state index is 0.723. The van der Waals surface area contributed by atoms with Crippen LogP contribution in [0, 0.1) is 6.92 Å². The van der Waals surface area contributed by atoms with Crippen molar-refractivity contribution in [2.24, 2.45) is 0 Å². The standard InChI is InChI=1S/C20H24N4O/c1-3-6-20-22-11-17(12-23-20)13-24(14-18-7-4-5-10-21-18)15-19-9-8-16(2)25-19/h4-5,7-12H,3,6,13-15H2,1-2H3. The minimum Gasteiger partial charge on any atom is -0.465 e. The fourth-order valence-corrected chi connectivity index (χ4v) is 2.75. The van der Waals surface area contributed by atoms with Crippen molar-refractivity contribution in [2.45, 2.75) is 46.3 Å². The van der Waals surface area contributed by atoms with E-state index in [1.54, 1.807) is 0 Å². The van der Waals surface area contributed by atoms with Crippen LogP contribution in [-0.4, -0.2) is 19.9 Å². The fourth-order valence-electron chi connectivity index (χ4n) is 2.75. The van der Waals surface area contributed by atoms with E-state index in [9.17, 15) is 0 Å². The molecule has 3 rings (SSSR count). The summed E-state index contributed by atoms with van der Waals surface area (Å²) in [5, 5.41) is 0. The summed E-state index contributed by atoms with van der Waals surface area (Å²) < 4.78 is 5.75. The summed E-state index contributed by atoms with van der Waals surface area (Å²) in [7, 11) is 0. The Kier molecular flexibility index (Phi) is 5.90. The van der Waals surface area contributed by atoms with Crippen molar-refractivity contribution in [3.8, 4) is 0 Å². The maximum Gasteiger partial charge on any atom is 0.128 e. The van der Waals surface area contributed by atoms with Gasteiger partial charge in [-0.2, -0.15) is 0 Å². The minimum atomic E-state index is 0.723. The zero-order chi connectivity index (χ0) is 17.5. The highest BCUT2D eigenvalue weighted by Crippen LogP contribution is 2.14. The van der Waals surface area contributed by atoms with Crippen molar-refractivity contribution >= 4 is 0 Å². The van der Waals surface area contributed by atoms with Crippen molar-refractivity contribution in [3.63, 3.8) is 0 Å². The van der Waals surface area contributed by atoms with Crippen molar-refractivity contribution in [1.29, 1.82) is 0 Å². The molecule has 0 saturated carbocycles. The van der Waals surface area contributed by atoms with Crippen LogP contribution in [0.25, 0.3) is 0 Å². The number of pyridine rings is 1. The van der Waals surface area contributed by atoms with Gasteiger partial charge in [-0.25, -0.2) is 9.97 Å². The van der Waals surface area contributed by atoms with E-state index >= 15 is 0 Å². The molecule has 0 amide bonds. The Morgan fingerprint density at radius 1 is 0.960 bits per heavy atom. The third kappa shape index (κ3) is 5.22. The number of aromatic nitrogens is 3. The van der Waals surface area contributed by atoms with E-state index in [2.05, 4.69) is 26.8 Å². The zero-order valence-electron chi connectivity index (χ0n) is 14.9. The second kappa shape index (κ2) is 8.53. The fraction of sp³-hybridized carbons (Fsp3) is 0.350. The molecular formula is C20H24N4O. The molecule has 0 N–H and O–H groups in total. The zero-order valence-corrected chi connectivity index (χ0v) is 14.9. The van der Waals surface area contributed by atoms with Crippen LogP contribution in [-0.2, 0) is 26.1 Å². The van der Waals surface area contributed by atoms with Crippen LogP contribution in [0.1, 0.15) is 41.9 Å². The van der Waals surface area contributed by atoms with Gasteiger partial charge in [-0.05, 0) is 37.6 Å². The Balaban J connectivity index is 1.72. The lowest BCUT2D eigenvalue weighted by molar-refractivity contribution is 0.222. The molecule has 5 heteroatoms. The molecule has 0 unspecified atom stereocenters. The van der Waals surface area contributed by atoms with E-state index in [1.165, 1.54) is 0 Å². The average molecular weight is 336 g/mol. The normalized spacial score (nSPS) is 11.2. The first-order valence-corrected chi connectivity index (χ1v) is 8.70. The van der Waals surface area contributed by atoms with Crippen LogP contribution in [0.4, 0.5) is 0 Å². The summed E-state index contributed by atoms with van der Waals surface area (Å²) in [5.41, 5.74) is 2.13. The summed E-state index contributed by atoms with van der Waals surface area (Å²) in [6, 6.07) is 10.0. The predicted octanol–water partition coefficient (Wildman–Crippen LogP) is 3.93. The van der Waals surface area contributed by atoms with E-state index in [-0.39, 0.29) is 0 Å². The van der Waals surface area contributed by atoms with Crippen LogP contribution in [0.2, 0.25) is 0 Å². The molecule has 5 nitrogen and oxygen atoms in total. The highest BCUT2D eigenvalue weighted by Gasteiger charge is 2.12. The van der Waals surface area contributed by atoms with E-state index < -0.39 is 0 Å². The van der Waals surface area contributed by atoms with Crippen LogP contribution in [0.5, 0.6) is 0 Å². The Labute approximate surface area is 148 Å². The van der Waals surface area contributed by atoms with E-state index in [1.807, 2.05) is 55.8 Å². The first-order valence-electron chi connectivity index (χ1n) is 8.70. The van der Waals surface area contributed by atoms with E-state index in [4.69, 9.17) is 4.42 Å². The predicted molar refractivity (Wildman–Crippen MR) is 96.7 cm³/mol. The molecule has 3 heterocycles. The smallest absolute Gasteiger partial charge is 0.128 e. The lowest BCUT2D eigenvalue weighted by Crippen LogP contribution is -2.23. The molecule has 0 atom stereocenters. The van der Waals surface area contributed by atoms with Crippen molar-refractivity contribution in [3.05, 3.63) is 77.5 Å². The molecule has 0 aromatic carbocycles. The molecule has 0 fully saturated rings. The van der Waals surface area contributed by atoms with Gasteiger partial charge in [0.1, 0.15) is 17.3 Å². The number of aryl methyl sites for hydroxylation is 2. The highest BCUT2D eigenvalue weighted by atomic mass is 16.3. The quantitative estimate of drug-likeness (QED) is 0.624. The molecule has 0 radical (unpaired) electrons. The lowest BCUT2D eigenvalue weighted by Gasteiger charge is -2.20. The largest absolute Gasteiger partial charge is 0.465 e. The van der Waals surface area contributed by atoms with Crippen LogP contribution in [0.15, 0.2) is 53.3 Å². The third-order valence-corrected chi connectivity index (χ3v) is 3.93. The molecule has 3 aromatic rings. The molecule has 130 valence electrons. The third-order valence-electron chi connectivity index (χ3n) is 3.93. The topological polar surface area (TPSA) is 55.1 Å². The Morgan fingerprint density at radius 2 is 1.80 bits per heavy atom. The molecule has 0 spiro atoms. The number of nitrogens with zero attached hydrogens (tertiary/aromatic N) is 4.